The molecule has 1 aromatic heterocycles. The van der Waals surface area contributed by atoms with Crippen molar-refractivity contribution in [3.63, 3.8) is 0 Å². The van der Waals surface area contributed by atoms with Crippen molar-refractivity contribution in [3.8, 4) is 11.3 Å². The smallest absolute Gasteiger partial charge is 0.251 e. The molecule has 7 heteroatoms. The summed E-state index contributed by atoms with van der Waals surface area (Å²) < 4.78 is 0. The van der Waals surface area contributed by atoms with Crippen molar-refractivity contribution in [2.24, 2.45) is 0 Å². The van der Waals surface area contributed by atoms with Crippen LogP contribution >= 0.6 is 11.3 Å². The fourth-order valence-electron chi connectivity index (χ4n) is 4.25. The lowest BCUT2D eigenvalue weighted by molar-refractivity contribution is -0.120. The molecule has 2 fully saturated rings. The monoisotopic (exact) mass is 460 g/mol. The first kappa shape index (κ1) is 21.8. The van der Waals surface area contributed by atoms with Crippen LogP contribution in [0, 0.1) is 0 Å². The Kier molecular flexibility index (Phi) is 6.51. The number of benzene rings is 2. The van der Waals surface area contributed by atoms with Gasteiger partial charge in [0, 0.05) is 29.1 Å². The Morgan fingerprint density at radius 1 is 1.03 bits per heavy atom. The highest BCUT2D eigenvalue weighted by Gasteiger charge is 2.30. The molecule has 2 heterocycles. The number of aromatic nitrogens is 1. The van der Waals surface area contributed by atoms with E-state index in [4.69, 9.17) is 0 Å². The zero-order valence-corrected chi connectivity index (χ0v) is 19.3. The lowest BCUT2D eigenvalue weighted by Crippen LogP contribution is -2.40. The number of carbonyl (C=O) groups is 2. The van der Waals surface area contributed by atoms with E-state index in [1.165, 1.54) is 16.9 Å². The second-order valence-electron chi connectivity index (χ2n) is 8.78. The number of rotatable bonds is 8. The lowest BCUT2D eigenvalue weighted by atomic mass is 10.1. The zero-order valence-electron chi connectivity index (χ0n) is 18.5. The lowest BCUT2D eigenvalue weighted by Gasteiger charge is -2.23. The van der Waals surface area contributed by atoms with E-state index in [0.717, 1.165) is 56.5 Å². The number of hydrogen-bond acceptors (Lipinski definition) is 5. The van der Waals surface area contributed by atoms with E-state index in [2.05, 4.69) is 44.8 Å². The molecule has 1 saturated heterocycles. The topological polar surface area (TPSA) is 74.3 Å². The first-order valence-electron chi connectivity index (χ1n) is 11.6. The number of hydrogen-bond donors (Lipinski definition) is 2. The maximum Gasteiger partial charge on any atom is 0.251 e. The molecule has 1 aliphatic heterocycles. The highest BCUT2D eigenvalue weighted by molar-refractivity contribution is 7.14. The van der Waals surface area contributed by atoms with E-state index < -0.39 is 0 Å². The molecule has 5 rings (SSSR count). The summed E-state index contributed by atoms with van der Waals surface area (Å²) in [6, 6.07) is 18.1. The van der Waals surface area contributed by atoms with Crippen LogP contribution in [0.15, 0.2) is 60.0 Å². The van der Waals surface area contributed by atoms with Crippen LogP contribution in [0.2, 0.25) is 0 Å². The van der Waals surface area contributed by atoms with Crippen molar-refractivity contribution in [2.75, 3.05) is 18.4 Å². The third-order valence-electron chi connectivity index (χ3n) is 6.29. The second-order valence-corrected chi connectivity index (χ2v) is 9.64. The highest BCUT2D eigenvalue weighted by Crippen LogP contribution is 2.27. The molecular formula is C26H28N4O2S. The van der Waals surface area contributed by atoms with Gasteiger partial charge in [-0.1, -0.05) is 42.5 Å². The molecule has 0 spiro atoms. The predicted octanol–water partition coefficient (Wildman–Crippen LogP) is 4.35. The van der Waals surface area contributed by atoms with Crippen molar-refractivity contribution in [2.45, 2.75) is 44.2 Å². The normalized spacial score (nSPS) is 18.2. The summed E-state index contributed by atoms with van der Waals surface area (Å²) >= 11 is 1.43. The van der Waals surface area contributed by atoms with Crippen LogP contribution in [0.4, 0.5) is 5.13 Å². The minimum Gasteiger partial charge on any atom is -0.349 e. The maximum absolute atomic E-state index is 13.0. The molecule has 33 heavy (non-hydrogen) atoms. The predicted molar refractivity (Wildman–Crippen MR) is 131 cm³/mol. The van der Waals surface area contributed by atoms with Gasteiger partial charge in [0.15, 0.2) is 5.13 Å². The van der Waals surface area contributed by atoms with Crippen LogP contribution in [-0.4, -0.2) is 46.9 Å². The summed E-state index contributed by atoms with van der Waals surface area (Å²) in [5.41, 5.74) is 3.69. The van der Waals surface area contributed by atoms with Crippen molar-refractivity contribution in [3.05, 3.63) is 71.1 Å². The molecule has 0 radical (unpaired) electrons. The van der Waals surface area contributed by atoms with Crippen LogP contribution < -0.4 is 10.6 Å². The van der Waals surface area contributed by atoms with Gasteiger partial charge in [-0.3, -0.25) is 14.5 Å². The van der Waals surface area contributed by atoms with E-state index in [9.17, 15) is 9.59 Å². The van der Waals surface area contributed by atoms with Crippen molar-refractivity contribution in [1.82, 2.24) is 15.2 Å². The molecule has 2 amide bonds. The number of likely N-dealkylation sites (tertiary alicyclic amines) is 1. The van der Waals surface area contributed by atoms with E-state index in [1.807, 2.05) is 35.7 Å². The van der Waals surface area contributed by atoms with Crippen LogP contribution in [0.25, 0.3) is 11.3 Å². The van der Waals surface area contributed by atoms with Gasteiger partial charge < -0.3 is 10.6 Å². The average molecular weight is 461 g/mol. The number of nitrogens with zero attached hydrogens (tertiary/aromatic N) is 2. The van der Waals surface area contributed by atoms with Crippen molar-refractivity contribution < 1.29 is 9.59 Å². The van der Waals surface area contributed by atoms with Crippen LogP contribution in [0.5, 0.6) is 0 Å². The van der Waals surface area contributed by atoms with Gasteiger partial charge in [-0.2, -0.15) is 0 Å². The third-order valence-corrected chi connectivity index (χ3v) is 7.04. The molecule has 3 aromatic rings. The summed E-state index contributed by atoms with van der Waals surface area (Å²) in [4.78, 5) is 32.0. The van der Waals surface area contributed by atoms with Crippen molar-refractivity contribution in [1.29, 1.82) is 0 Å². The van der Waals surface area contributed by atoms with E-state index in [0.29, 0.717) is 16.7 Å². The van der Waals surface area contributed by atoms with E-state index in [-0.39, 0.29) is 17.9 Å². The molecule has 1 atom stereocenters. The molecule has 0 unspecified atom stereocenters. The SMILES string of the molecule is O=C(NC1CC1)c1ccc(-c2csc(NC(=O)[C@H]3CCCN3CCc3ccccc3)n2)cc1. The maximum atomic E-state index is 13.0. The molecule has 1 aliphatic carbocycles. The van der Waals surface area contributed by atoms with E-state index in [1.54, 1.807) is 0 Å². The van der Waals surface area contributed by atoms with Crippen LogP contribution in [0.3, 0.4) is 0 Å². The quantitative estimate of drug-likeness (QED) is 0.524. The van der Waals surface area contributed by atoms with Gasteiger partial charge in [-0.25, -0.2) is 4.98 Å². The molecular weight excluding hydrogens is 432 g/mol. The zero-order chi connectivity index (χ0) is 22.6. The molecule has 0 bridgehead atoms. The first-order valence-corrected chi connectivity index (χ1v) is 12.5. The number of thiazole rings is 1. The summed E-state index contributed by atoms with van der Waals surface area (Å²) in [7, 11) is 0. The fraction of sp³-hybridized carbons (Fsp3) is 0.346. The van der Waals surface area contributed by atoms with Gasteiger partial charge in [0.05, 0.1) is 11.7 Å². The van der Waals surface area contributed by atoms with E-state index >= 15 is 0 Å². The Bertz CT molecular complexity index is 1110. The summed E-state index contributed by atoms with van der Waals surface area (Å²) in [5, 5.41) is 8.58. The Balaban J connectivity index is 1.17. The Labute approximate surface area is 198 Å². The summed E-state index contributed by atoms with van der Waals surface area (Å²) in [6.07, 6.45) is 5.01. The minimum absolute atomic E-state index is 0.0218. The van der Waals surface area contributed by atoms with Crippen LogP contribution in [0.1, 0.15) is 41.6 Å². The molecule has 2 N–H and O–H groups in total. The largest absolute Gasteiger partial charge is 0.349 e. The van der Waals surface area contributed by atoms with Crippen LogP contribution in [-0.2, 0) is 11.2 Å². The van der Waals surface area contributed by atoms with Gasteiger partial charge in [-0.15, -0.1) is 11.3 Å². The first-order chi connectivity index (χ1) is 16.2. The van der Waals surface area contributed by atoms with Gasteiger partial charge in [0.2, 0.25) is 5.91 Å². The standard InChI is InChI=1S/C26H28N4O2S/c31-24(27-21-12-13-21)20-10-8-19(9-11-20)22-17-33-26(28-22)29-25(32)23-7-4-15-30(23)16-14-18-5-2-1-3-6-18/h1-3,5-6,8-11,17,21,23H,4,7,12-16H2,(H,27,31)(H,28,29,32)/t23-/m1/s1. The Morgan fingerprint density at radius 2 is 1.82 bits per heavy atom. The average Bonchev–Trinajstić information content (AvgIpc) is 3.32. The number of carbonyl (C=O) groups excluding carboxylic acids is 2. The third kappa shape index (κ3) is 5.49. The Hall–Kier alpha value is -3.03. The summed E-state index contributed by atoms with van der Waals surface area (Å²) in [5.74, 6) is -0.00258. The van der Waals surface area contributed by atoms with Gasteiger partial charge >= 0.3 is 0 Å². The molecule has 2 aromatic carbocycles. The fourth-order valence-corrected chi connectivity index (χ4v) is 4.97. The summed E-state index contributed by atoms with van der Waals surface area (Å²) in [6.45, 7) is 1.83. The number of amides is 2. The Morgan fingerprint density at radius 3 is 2.58 bits per heavy atom. The molecule has 6 nitrogen and oxygen atoms in total. The highest BCUT2D eigenvalue weighted by atomic mass is 32.1. The number of anilines is 1. The van der Waals surface area contributed by atoms with Gasteiger partial charge in [0.1, 0.15) is 0 Å². The van der Waals surface area contributed by atoms with Gasteiger partial charge in [-0.05, 0) is 56.3 Å². The molecule has 170 valence electrons. The second kappa shape index (κ2) is 9.85. The van der Waals surface area contributed by atoms with Gasteiger partial charge in [0.25, 0.3) is 5.91 Å². The molecule has 2 aliphatic rings. The number of nitrogens with one attached hydrogen (secondary N) is 2. The van der Waals surface area contributed by atoms with Crippen molar-refractivity contribution >= 4 is 28.3 Å². The minimum atomic E-state index is -0.106. The molecule has 1 saturated carbocycles.